The maximum absolute atomic E-state index is 12.7. The van der Waals surface area contributed by atoms with Crippen molar-refractivity contribution in [1.82, 2.24) is 0 Å². The first-order valence-electron chi connectivity index (χ1n) is 23.5. The molecule has 0 saturated carbocycles. The first-order valence-corrected chi connectivity index (χ1v) is 23.5. The number of unbranched alkanes of at least 4 members (excludes halogenated alkanes) is 19. The third-order valence-electron chi connectivity index (χ3n) is 9.70. The molecule has 1 unspecified atom stereocenters. The van der Waals surface area contributed by atoms with Crippen molar-refractivity contribution in [2.45, 2.75) is 219 Å². The van der Waals surface area contributed by atoms with E-state index < -0.39 is 6.10 Å². The van der Waals surface area contributed by atoms with Gasteiger partial charge in [0, 0.05) is 19.4 Å². The van der Waals surface area contributed by atoms with Crippen LogP contribution in [0.5, 0.6) is 0 Å². The molecule has 0 aromatic carbocycles. The van der Waals surface area contributed by atoms with Gasteiger partial charge in [0.15, 0.2) is 6.10 Å². The van der Waals surface area contributed by atoms with Crippen molar-refractivity contribution in [3.05, 3.63) is 72.9 Å². The Morgan fingerprint density at radius 1 is 0.411 bits per heavy atom. The lowest BCUT2D eigenvalue weighted by Gasteiger charge is -2.18. The number of rotatable bonds is 42. The molecule has 322 valence electrons. The standard InChI is InChI=1S/C51H88O5/c1-4-7-10-13-16-19-22-24-26-27-30-32-35-38-41-44-50(52)55-48-49(56-51(53)45-42-39-36-33-29-21-18-15-12-9-6-3)47-54-46-43-40-37-34-31-28-25-23-20-17-14-11-8-5-2/h8,11,15-20,24-26,28,49H,4-7,9-10,12-14,21-23,27,29-48H2,1-3H3/b11-8-,18-15-,19-16-,20-17-,26-24-,28-25-. The van der Waals surface area contributed by atoms with Crippen LogP contribution < -0.4 is 0 Å². The summed E-state index contributed by atoms with van der Waals surface area (Å²) in [6, 6.07) is 0. The lowest BCUT2D eigenvalue weighted by Crippen LogP contribution is -2.30. The van der Waals surface area contributed by atoms with Crippen LogP contribution in [0.1, 0.15) is 213 Å². The molecule has 0 aliphatic rings. The summed E-state index contributed by atoms with van der Waals surface area (Å²) in [4.78, 5) is 25.3. The quantitative estimate of drug-likeness (QED) is 0.0351. The van der Waals surface area contributed by atoms with E-state index in [0.717, 1.165) is 96.3 Å². The Morgan fingerprint density at radius 3 is 1.36 bits per heavy atom. The van der Waals surface area contributed by atoms with Crippen LogP contribution in [0.4, 0.5) is 0 Å². The van der Waals surface area contributed by atoms with Crippen LogP contribution >= 0.6 is 0 Å². The van der Waals surface area contributed by atoms with E-state index in [4.69, 9.17) is 14.2 Å². The van der Waals surface area contributed by atoms with Crippen LogP contribution in [0.3, 0.4) is 0 Å². The van der Waals surface area contributed by atoms with Gasteiger partial charge in [-0.25, -0.2) is 0 Å². The van der Waals surface area contributed by atoms with Crippen molar-refractivity contribution in [2.24, 2.45) is 0 Å². The SMILES string of the molecule is CC/C=C\C/C=C\C/C=C\CCCCCCOCC(COC(=O)CCCCCCC/C=C\C/C=C\CCCCC)OC(=O)CCCCCCC/C=C\CCCC. The third kappa shape index (κ3) is 44.1. The molecule has 5 nitrogen and oxygen atoms in total. The molecule has 0 radical (unpaired) electrons. The predicted molar refractivity (Wildman–Crippen MR) is 242 cm³/mol. The molecule has 0 spiro atoms. The maximum Gasteiger partial charge on any atom is 0.306 e. The molecule has 0 heterocycles. The largest absolute Gasteiger partial charge is 0.462 e. The van der Waals surface area contributed by atoms with Crippen molar-refractivity contribution in [1.29, 1.82) is 0 Å². The van der Waals surface area contributed by atoms with E-state index in [1.807, 2.05) is 0 Å². The number of allylic oxidation sites excluding steroid dienone is 12. The molecule has 5 heteroatoms. The highest BCUT2D eigenvalue weighted by Crippen LogP contribution is 2.12. The number of esters is 2. The molecule has 0 aromatic heterocycles. The average molecular weight is 781 g/mol. The highest BCUT2D eigenvalue weighted by molar-refractivity contribution is 5.70. The fourth-order valence-corrected chi connectivity index (χ4v) is 6.18. The minimum absolute atomic E-state index is 0.0631. The zero-order valence-corrected chi connectivity index (χ0v) is 36.9. The van der Waals surface area contributed by atoms with Gasteiger partial charge in [0.2, 0.25) is 0 Å². The van der Waals surface area contributed by atoms with E-state index in [1.165, 1.54) is 83.5 Å². The summed E-state index contributed by atoms with van der Waals surface area (Å²) in [5.74, 6) is -0.440. The summed E-state index contributed by atoms with van der Waals surface area (Å²) in [5.41, 5.74) is 0. The average Bonchev–Trinajstić information content (AvgIpc) is 3.20. The van der Waals surface area contributed by atoms with Crippen LogP contribution in [0.15, 0.2) is 72.9 Å². The van der Waals surface area contributed by atoms with Gasteiger partial charge >= 0.3 is 11.9 Å². The molecule has 0 saturated heterocycles. The van der Waals surface area contributed by atoms with Crippen molar-refractivity contribution in [3.63, 3.8) is 0 Å². The Bertz CT molecular complexity index is 1020. The Labute approximate surface area is 347 Å². The highest BCUT2D eigenvalue weighted by Gasteiger charge is 2.17. The van der Waals surface area contributed by atoms with E-state index in [9.17, 15) is 9.59 Å². The molecule has 0 fully saturated rings. The third-order valence-corrected chi connectivity index (χ3v) is 9.70. The summed E-state index contributed by atoms with van der Waals surface area (Å²) in [6.07, 6.45) is 59.0. The molecular formula is C51H88O5. The van der Waals surface area contributed by atoms with Crippen LogP contribution in [-0.4, -0.2) is 37.9 Å². The summed E-state index contributed by atoms with van der Waals surface area (Å²) >= 11 is 0. The van der Waals surface area contributed by atoms with Gasteiger partial charge in [-0.15, -0.1) is 0 Å². The van der Waals surface area contributed by atoms with Crippen LogP contribution in [0.2, 0.25) is 0 Å². The van der Waals surface area contributed by atoms with Crippen molar-refractivity contribution < 1.29 is 23.8 Å². The number of carbonyl (C=O) groups excluding carboxylic acids is 2. The zero-order chi connectivity index (χ0) is 40.7. The number of hydrogen-bond donors (Lipinski definition) is 0. The van der Waals surface area contributed by atoms with E-state index in [-0.39, 0.29) is 25.2 Å². The molecule has 0 N–H and O–H groups in total. The lowest BCUT2D eigenvalue weighted by molar-refractivity contribution is -0.163. The predicted octanol–water partition coefficient (Wildman–Crippen LogP) is 15.6. The molecule has 0 aliphatic carbocycles. The minimum atomic E-state index is -0.558. The van der Waals surface area contributed by atoms with Gasteiger partial charge in [-0.1, -0.05) is 171 Å². The van der Waals surface area contributed by atoms with Gasteiger partial charge in [-0.05, 0) is 103 Å². The fourth-order valence-electron chi connectivity index (χ4n) is 6.18. The topological polar surface area (TPSA) is 61.8 Å². The Kier molecular flexibility index (Phi) is 44.5. The number of carbonyl (C=O) groups is 2. The highest BCUT2D eigenvalue weighted by atomic mass is 16.6. The van der Waals surface area contributed by atoms with Crippen molar-refractivity contribution >= 4 is 11.9 Å². The fraction of sp³-hybridized carbons (Fsp3) is 0.725. The summed E-state index contributed by atoms with van der Waals surface area (Å²) in [5, 5.41) is 0. The molecule has 1 atom stereocenters. The van der Waals surface area contributed by atoms with Gasteiger partial charge in [0.05, 0.1) is 6.61 Å². The Morgan fingerprint density at radius 2 is 0.821 bits per heavy atom. The first kappa shape index (κ1) is 53.3. The van der Waals surface area contributed by atoms with Crippen LogP contribution in [-0.2, 0) is 23.8 Å². The second-order valence-electron chi connectivity index (χ2n) is 15.3. The van der Waals surface area contributed by atoms with Crippen molar-refractivity contribution in [3.8, 4) is 0 Å². The van der Waals surface area contributed by atoms with E-state index in [1.54, 1.807) is 0 Å². The lowest BCUT2D eigenvalue weighted by atomic mass is 10.1. The Hall–Kier alpha value is -2.66. The van der Waals surface area contributed by atoms with Gasteiger partial charge in [-0.2, -0.15) is 0 Å². The normalized spacial score (nSPS) is 12.8. The molecule has 0 aromatic rings. The molecule has 0 rings (SSSR count). The maximum atomic E-state index is 12.7. The molecule has 0 bridgehead atoms. The summed E-state index contributed by atoms with van der Waals surface area (Å²) < 4.78 is 17.3. The van der Waals surface area contributed by atoms with E-state index in [0.29, 0.717) is 19.4 Å². The van der Waals surface area contributed by atoms with Gasteiger partial charge < -0.3 is 14.2 Å². The molecule has 0 aliphatic heterocycles. The van der Waals surface area contributed by atoms with Crippen LogP contribution in [0.25, 0.3) is 0 Å². The van der Waals surface area contributed by atoms with Gasteiger partial charge in [0.1, 0.15) is 6.61 Å². The second-order valence-corrected chi connectivity index (χ2v) is 15.3. The summed E-state index contributed by atoms with van der Waals surface area (Å²) in [7, 11) is 0. The monoisotopic (exact) mass is 781 g/mol. The molecular weight excluding hydrogens is 693 g/mol. The Balaban J connectivity index is 4.33. The molecule has 0 amide bonds. The zero-order valence-electron chi connectivity index (χ0n) is 36.9. The minimum Gasteiger partial charge on any atom is -0.462 e. The number of ether oxygens (including phenoxy) is 3. The number of hydrogen-bond acceptors (Lipinski definition) is 5. The van der Waals surface area contributed by atoms with E-state index in [2.05, 4.69) is 93.7 Å². The van der Waals surface area contributed by atoms with Gasteiger partial charge in [0.25, 0.3) is 0 Å². The smallest absolute Gasteiger partial charge is 0.306 e. The molecule has 56 heavy (non-hydrogen) atoms. The van der Waals surface area contributed by atoms with E-state index >= 15 is 0 Å². The summed E-state index contributed by atoms with van der Waals surface area (Å²) in [6.45, 7) is 7.57. The van der Waals surface area contributed by atoms with Crippen LogP contribution in [0, 0.1) is 0 Å². The van der Waals surface area contributed by atoms with Crippen molar-refractivity contribution in [2.75, 3.05) is 19.8 Å². The van der Waals surface area contributed by atoms with Gasteiger partial charge in [-0.3, -0.25) is 9.59 Å². The first-order chi connectivity index (χ1) is 27.6. The second kappa shape index (κ2) is 46.7.